The summed E-state index contributed by atoms with van der Waals surface area (Å²) >= 11 is 1.67. The molecular weight excluding hydrogens is 323 g/mol. The molecule has 0 amide bonds. The van der Waals surface area contributed by atoms with Gasteiger partial charge in [0, 0.05) is 11.2 Å². The number of benzene rings is 2. The van der Waals surface area contributed by atoms with Crippen LogP contribution < -0.4 is 10.1 Å². The fourth-order valence-corrected chi connectivity index (χ4v) is 3.44. The monoisotopic (exact) mass is 337 g/mol. The number of thiophene rings is 1. The minimum absolute atomic E-state index is 0.209. The summed E-state index contributed by atoms with van der Waals surface area (Å²) in [5.74, 6) is -0.209. The minimum Gasteiger partial charge on any atom is -0.406 e. The van der Waals surface area contributed by atoms with E-state index in [0.717, 1.165) is 10.6 Å². The van der Waals surface area contributed by atoms with Gasteiger partial charge in [0.2, 0.25) is 0 Å². The van der Waals surface area contributed by atoms with E-state index in [1.807, 2.05) is 12.1 Å². The van der Waals surface area contributed by atoms with Crippen LogP contribution in [-0.2, 0) is 6.54 Å². The molecule has 2 aromatic carbocycles. The highest BCUT2D eigenvalue weighted by Crippen LogP contribution is 2.35. The molecule has 23 heavy (non-hydrogen) atoms. The van der Waals surface area contributed by atoms with Crippen molar-refractivity contribution >= 4 is 26.4 Å². The topological polar surface area (TPSA) is 21.3 Å². The number of aryl methyl sites for hydroxylation is 1. The van der Waals surface area contributed by atoms with Crippen molar-refractivity contribution in [2.75, 3.05) is 5.32 Å². The Morgan fingerprint density at radius 3 is 2.39 bits per heavy atom. The Morgan fingerprint density at radius 1 is 1.04 bits per heavy atom. The Hall–Kier alpha value is -2.21. The van der Waals surface area contributed by atoms with Crippen LogP contribution in [0.5, 0.6) is 5.75 Å². The third-order valence-electron chi connectivity index (χ3n) is 3.45. The van der Waals surface area contributed by atoms with Crippen molar-refractivity contribution < 1.29 is 17.9 Å². The molecule has 6 heteroatoms. The maximum atomic E-state index is 12.1. The molecule has 1 heterocycles. The summed E-state index contributed by atoms with van der Waals surface area (Å²) in [6.07, 6.45) is -4.66. The minimum atomic E-state index is -4.66. The summed E-state index contributed by atoms with van der Waals surface area (Å²) in [6, 6.07) is 14.0. The van der Waals surface area contributed by atoms with E-state index in [-0.39, 0.29) is 5.75 Å². The average molecular weight is 337 g/mol. The number of hydrogen-bond acceptors (Lipinski definition) is 3. The fraction of sp³-hybridized carbons (Fsp3) is 0.176. The van der Waals surface area contributed by atoms with E-state index in [9.17, 15) is 13.2 Å². The lowest BCUT2D eigenvalue weighted by Gasteiger charge is -2.10. The first-order valence-electron chi connectivity index (χ1n) is 6.99. The second kappa shape index (κ2) is 6.12. The van der Waals surface area contributed by atoms with Gasteiger partial charge in [0.15, 0.2) is 0 Å². The molecule has 120 valence electrons. The number of halogens is 3. The van der Waals surface area contributed by atoms with Crippen LogP contribution in [-0.4, -0.2) is 6.36 Å². The number of alkyl halides is 3. The molecule has 0 radical (unpaired) electrons. The van der Waals surface area contributed by atoms with Gasteiger partial charge in [-0.15, -0.1) is 24.5 Å². The van der Waals surface area contributed by atoms with E-state index >= 15 is 0 Å². The summed E-state index contributed by atoms with van der Waals surface area (Å²) in [6.45, 7) is 2.60. The molecule has 0 unspecified atom stereocenters. The van der Waals surface area contributed by atoms with Gasteiger partial charge in [0.05, 0.1) is 5.00 Å². The number of fused-ring (bicyclic) bond motifs is 1. The van der Waals surface area contributed by atoms with Crippen LogP contribution in [0.3, 0.4) is 0 Å². The summed E-state index contributed by atoms with van der Waals surface area (Å²) < 4.78 is 41.4. The zero-order chi connectivity index (χ0) is 16.4. The molecule has 3 aromatic rings. The molecule has 0 spiro atoms. The molecule has 3 rings (SSSR count). The van der Waals surface area contributed by atoms with Crippen molar-refractivity contribution in [2.24, 2.45) is 0 Å². The fourth-order valence-electron chi connectivity index (χ4n) is 2.33. The Morgan fingerprint density at radius 2 is 1.74 bits per heavy atom. The van der Waals surface area contributed by atoms with Crippen LogP contribution >= 0.6 is 11.3 Å². The number of ether oxygens (including phenoxy) is 1. The molecule has 0 aliphatic rings. The van der Waals surface area contributed by atoms with E-state index in [1.54, 1.807) is 23.5 Å². The Balaban J connectivity index is 1.69. The van der Waals surface area contributed by atoms with E-state index in [0.29, 0.717) is 6.54 Å². The highest BCUT2D eigenvalue weighted by atomic mass is 32.1. The first kappa shape index (κ1) is 15.7. The van der Waals surface area contributed by atoms with Crippen LogP contribution in [0, 0.1) is 6.92 Å². The molecule has 0 aliphatic carbocycles. The predicted octanol–water partition coefficient (Wildman–Crippen LogP) is 5.72. The third kappa shape index (κ3) is 3.76. The number of nitrogens with one attached hydrogen (secondary N) is 1. The SMILES string of the molecule is Cc1c(NCc2ccc(OC(F)(F)F)cc2)sc2ccccc12. The summed E-state index contributed by atoms with van der Waals surface area (Å²) in [4.78, 5) is 0. The van der Waals surface area contributed by atoms with Crippen LogP contribution in [0.2, 0.25) is 0 Å². The number of rotatable bonds is 4. The smallest absolute Gasteiger partial charge is 0.406 e. The van der Waals surface area contributed by atoms with Crippen molar-refractivity contribution in [3.63, 3.8) is 0 Å². The zero-order valence-electron chi connectivity index (χ0n) is 12.3. The van der Waals surface area contributed by atoms with Crippen LogP contribution in [0.1, 0.15) is 11.1 Å². The quantitative estimate of drug-likeness (QED) is 0.657. The lowest BCUT2D eigenvalue weighted by Crippen LogP contribution is -2.17. The third-order valence-corrected chi connectivity index (χ3v) is 4.68. The largest absolute Gasteiger partial charge is 0.573 e. The maximum absolute atomic E-state index is 12.1. The van der Waals surface area contributed by atoms with E-state index in [4.69, 9.17) is 0 Å². The van der Waals surface area contributed by atoms with Gasteiger partial charge in [-0.2, -0.15) is 0 Å². The molecule has 2 nitrogen and oxygen atoms in total. The first-order valence-corrected chi connectivity index (χ1v) is 7.81. The maximum Gasteiger partial charge on any atom is 0.573 e. The van der Waals surface area contributed by atoms with Crippen LogP contribution in [0.25, 0.3) is 10.1 Å². The highest BCUT2D eigenvalue weighted by molar-refractivity contribution is 7.23. The molecule has 1 aromatic heterocycles. The second-order valence-corrected chi connectivity index (χ2v) is 6.15. The summed E-state index contributed by atoms with van der Waals surface area (Å²) in [7, 11) is 0. The van der Waals surface area contributed by atoms with Gasteiger partial charge in [-0.1, -0.05) is 30.3 Å². The van der Waals surface area contributed by atoms with Crippen molar-refractivity contribution in [3.05, 3.63) is 59.7 Å². The molecule has 0 saturated heterocycles. The van der Waals surface area contributed by atoms with Crippen molar-refractivity contribution in [1.29, 1.82) is 0 Å². The van der Waals surface area contributed by atoms with Crippen LogP contribution in [0.15, 0.2) is 48.5 Å². The van der Waals surface area contributed by atoms with Gasteiger partial charge < -0.3 is 10.1 Å². The van der Waals surface area contributed by atoms with E-state index < -0.39 is 6.36 Å². The van der Waals surface area contributed by atoms with Gasteiger partial charge in [0.1, 0.15) is 5.75 Å². The van der Waals surface area contributed by atoms with Gasteiger partial charge >= 0.3 is 6.36 Å². The zero-order valence-corrected chi connectivity index (χ0v) is 13.1. The lowest BCUT2D eigenvalue weighted by molar-refractivity contribution is -0.274. The normalized spacial score (nSPS) is 11.7. The lowest BCUT2D eigenvalue weighted by atomic mass is 10.2. The van der Waals surface area contributed by atoms with Gasteiger partial charge in [-0.25, -0.2) is 0 Å². The van der Waals surface area contributed by atoms with Gasteiger partial charge in [-0.3, -0.25) is 0 Å². The molecule has 1 N–H and O–H groups in total. The molecule has 0 fully saturated rings. The first-order chi connectivity index (χ1) is 10.9. The molecular formula is C17H14F3NOS. The number of hydrogen-bond donors (Lipinski definition) is 1. The second-order valence-electron chi connectivity index (χ2n) is 5.10. The van der Waals surface area contributed by atoms with E-state index in [2.05, 4.69) is 29.1 Å². The summed E-state index contributed by atoms with van der Waals surface area (Å²) in [5, 5.41) is 5.63. The molecule has 0 bridgehead atoms. The summed E-state index contributed by atoms with van der Waals surface area (Å²) in [5.41, 5.74) is 2.07. The van der Waals surface area contributed by atoms with Gasteiger partial charge in [-0.05, 0) is 41.6 Å². The standard InChI is InChI=1S/C17H14F3NOS/c1-11-14-4-2-3-5-15(14)23-16(11)21-10-12-6-8-13(9-7-12)22-17(18,19)20/h2-9,21H,10H2,1H3. The van der Waals surface area contributed by atoms with Crippen molar-refractivity contribution in [3.8, 4) is 5.75 Å². The number of anilines is 1. The predicted molar refractivity (Wildman–Crippen MR) is 87.0 cm³/mol. The average Bonchev–Trinajstić information content (AvgIpc) is 2.82. The molecule has 0 aliphatic heterocycles. The highest BCUT2D eigenvalue weighted by Gasteiger charge is 2.30. The molecule has 0 atom stereocenters. The van der Waals surface area contributed by atoms with E-state index in [1.165, 1.54) is 27.8 Å². The Kier molecular flexibility index (Phi) is 4.17. The van der Waals surface area contributed by atoms with Crippen molar-refractivity contribution in [2.45, 2.75) is 19.8 Å². The Labute approximate surface area is 135 Å². The Bertz CT molecular complexity index is 809. The van der Waals surface area contributed by atoms with Gasteiger partial charge in [0.25, 0.3) is 0 Å². The van der Waals surface area contributed by atoms with Crippen LogP contribution in [0.4, 0.5) is 18.2 Å². The molecule has 0 saturated carbocycles. The van der Waals surface area contributed by atoms with Crippen molar-refractivity contribution in [1.82, 2.24) is 0 Å².